The molecule has 0 aromatic heterocycles. The van der Waals surface area contributed by atoms with E-state index in [4.69, 9.17) is 15.2 Å². The first-order valence-corrected chi connectivity index (χ1v) is 17.0. The SMILES string of the molecule is CN(C(=O)OCc1ccc(NC(=O)C(CCCNC(N)=O)NC(=O)OC(C)(C)C)cc1)c1ccccc1N(C)S(=O)(=O)c1ccccc1[N+](=O)[O-]. The molecule has 0 saturated carbocycles. The number of nitrogens with one attached hydrogen (secondary N) is 3. The second-order valence-corrected chi connectivity index (χ2v) is 14.1. The van der Waals surface area contributed by atoms with Crippen molar-refractivity contribution in [2.24, 2.45) is 5.73 Å². The number of primary amides is 1. The molecule has 5 amide bonds. The zero-order chi connectivity index (χ0) is 37.9. The topological polar surface area (TPSA) is 233 Å². The number of urea groups is 1. The number of carbonyl (C=O) groups is 4. The molecule has 1 unspecified atom stereocenters. The average Bonchev–Trinajstić information content (AvgIpc) is 3.07. The highest BCUT2D eigenvalue weighted by molar-refractivity contribution is 7.93. The number of alkyl carbamates (subject to hydrolysis) is 1. The Morgan fingerprint density at radius 2 is 1.55 bits per heavy atom. The highest BCUT2D eigenvalue weighted by Gasteiger charge is 2.32. The molecule has 17 nitrogen and oxygen atoms in total. The number of anilines is 3. The summed E-state index contributed by atoms with van der Waals surface area (Å²) in [6.45, 7) is 5.06. The van der Waals surface area contributed by atoms with Crippen molar-refractivity contribution < 1.29 is 42.0 Å². The maximum atomic E-state index is 13.4. The maximum absolute atomic E-state index is 13.4. The van der Waals surface area contributed by atoms with Gasteiger partial charge in [0.2, 0.25) is 5.91 Å². The Hall–Kier alpha value is -5.91. The molecule has 3 aromatic rings. The second kappa shape index (κ2) is 17.1. The summed E-state index contributed by atoms with van der Waals surface area (Å²) in [6, 6.07) is 15.7. The van der Waals surface area contributed by atoms with E-state index in [2.05, 4.69) is 16.0 Å². The molecule has 5 N–H and O–H groups in total. The van der Waals surface area contributed by atoms with Crippen LogP contribution in [0.4, 0.5) is 37.1 Å². The van der Waals surface area contributed by atoms with E-state index in [0.717, 1.165) is 21.3 Å². The molecule has 3 aromatic carbocycles. The predicted molar refractivity (Wildman–Crippen MR) is 189 cm³/mol. The fourth-order valence-corrected chi connectivity index (χ4v) is 5.97. The van der Waals surface area contributed by atoms with Crippen LogP contribution in [0.1, 0.15) is 39.2 Å². The lowest BCUT2D eigenvalue weighted by Gasteiger charge is -2.26. The van der Waals surface area contributed by atoms with Crippen LogP contribution >= 0.6 is 0 Å². The number of nitrogens with zero attached hydrogens (tertiary/aromatic N) is 3. The van der Waals surface area contributed by atoms with Gasteiger partial charge in [0.1, 0.15) is 18.2 Å². The molecule has 18 heteroatoms. The summed E-state index contributed by atoms with van der Waals surface area (Å²) in [7, 11) is -1.80. The number of rotatable bonds is 14. The van der Waals surface area contributed by atoms with E-state index in [1.807, 2.05) is 0 Å². The van der Waals surface area contributed by atoms with Crippen LogP contribution in [0, 0.1) is 10.1 Å². The van der Waals surface area contributed by atoms with E-state index in [1.54, 1.807) is 57.2 Å². The van der Waals surface area contributed by atoms with Gasteiger partial charge >= 0.3 is 18.2 Å². The van der Waals surface area contributed by atoms with Gasteiger partial charge in [-0.25, -0.2) is 22.8 Å². The number of amides is 5. The van der Waals surface area contributed by atoms with Crippen molar-refractivity contribution in [3.8, 4) is 0 Å². The van der Waals surface area contributed by atoms with E-state index >= 15 is 0 Å². The number of hydrogen-bond donors (Lipinski definition) is 4. The lowest BCUT2D eigenvalue weighted by atomic mass is 10.1. The van der Waals surface area contributed by atoms with E-state index in [-0.39, 0.29) is 30.9 Å². The predicted octanol–water partition coefficient (Wildman–Crippen LogP) is 4.47. The van der Waals surface area contributed by atoms with Crippen molar-refractivity contribution in [2.75, 3.05) is 35.2 Å². The summed E-state index contributed by atoms with van der Waals surface area (Å²) < 4.78 is 38.5. The van der Waals surface area contributed by atoms with Gasteiger partial charge in [0.05, 0.1) is 16.3 Å². The highest BCUT2D eigenvalue weighted by atomic mass is 32.2. The minimum absolute atomic E-state index is 0.0683. The smallest absolute Gasteiger partial charge is 0.414 e. The van der Waals surface area contributed by atoms with Gasteiger partial charge in [-0.05, 0) is 69.5 Å². The van der Waals surface area contributed by atoms with Crippen LogP contribution in [0.15, 0.2) is 77.7 Å². The number of carbonyl (C=O) groups excluding carboxylic acids is 4. The zero-order valence-electron chi connectivity index (χ0n) is 28.7. The Morgan fingerprint density at radius 1 is 0.941 bits per heavy atom. The molecule has 0 aliphatic rings. The fourth-order valence-electron chi connectivity index (χ4n) is 4.61. The lowest BCUT2D eigenvalue weighted by molar-refractivity contribution is -0.387. The summed E-state index contributed by atoms with van der Waals surface area (Å²) in [5.74, 6) is -0.534. The standard InChI is InChI=1S/C33H41N7O10S/c1-33(2,3)50-31(43)37-24(11-10-20-35-30(34)42)29(41)36-23-18-16-22(17-19-23)21-49-32(44)38(4)25-12-6-7-13-26(25)39(5)51(47,48)28-15-9-8-14-27(28)40(45)46/h6-9,12-19,24H,10-11,20-21H2,1-5H3,(H,36,41)(H,37,43)(H3,34,35,42). The van der Waals surface area contributed by atoms with E-state index in [1.165, 1.54) is 38.4 Å². The molecular formula is C33H41N7O10S. The third kappa shape index (κ3) is 11.3. The number of nitrogens with two attached hydrogens (primary N) is 1. The third-order valence-electron chi connectivity index (χ3n) is 7.12. The first kappa shape index (κ1) is 39.5. The fraction of sp³-hybridized carbons (Fsp3) is 0.333. The number of nitro groups is 1. The van der Waals surface area contributed by atoms with Gasteiger partial charge in [0.15, 0.2) is 4.90 Å². The summed E-state index contributed by atoms with van der Waals surface area (Å²) >= 11 is 0. The van der Waals surface area contributed by atoms with Crippen molar-refractivity contribution in [3.05, 3.63) is 88.5 Å². The van der Waals surface area contributed by atoms with Gasteiger partial charge < -0.3 is 31.2 Å². The number of sulfonamides is 1. The summed E-state index contributed by atoms with van der Waals surface area (Å²) in [5, 5.41) is 19.2. The molecule has 1 atom stereocenters. The van der Waals surface area contributed by atoms with Crippen LogP contribution in [-0.2, 0) is 30.9 Å². The van der Waals surface area contributed by atoms with Crippen molar-refractivity contribution in [3.63, 3.8) is 0 Å². The quantitative estimate of drug-likeness (QED) is 0.103. The Kier molecular flexibility index (Phi) is 13.3. The van der Waals surface area contributed by atoms with E-state index < -0.39 is 61.3 Å². The first-order chi connectivity index (χ1) is 23.9. The lowest BCUT2D eigenvalue weighted by Crippen LogP contribution is -2.46. The minimum Gasteiger partial charge on any atom is -0.444 e. The largest absolute Gasteiger partial charge is 0.444 e. The van der Waals surface area contributed by atoms with Crippen molar-refractivity contribution >= 4 is 56.9 Å². The van der Waals surface area contributed by atoms with Gasteiger partial charge in [0, 0.05) is 32.4 Å². The number of para-hydroxylation sites is 3. The monoisotopic (exact) mass is 727 g/mol. The molecule has 0 bridgehead atoms. The normalized spacial score (nSPS) is 11.8. The Morgan fingerprint density at radius 3 is 2.16 bits per heavy atom. The third-order valence-corrected chi connectivity index (χ3v) is 8.94. The number of ether oxygens (including phenoxy) is 2. The van der Waals surface area contributed by atoms with E-state index in [9.17, 15) is 37.7 Å². The van der Waals surface area contributed by atoms with Crippen molar-refractivity contribution in [1.29, 1.82) is 0 Å². The minimum atomic E-state index is -4.41. The Balaban J connectivity index is 1.67. The van der Waals surface area contributed by atoms with Gasteiger partial charge in [-0.3, -0.25) is 24.1 Å². The summed E-state index contributed by atoms with van der Waals surface area (Å²) in [6.07, 6.45) is -1.10. The van der Waals surface area contributed by atoms with E-state index in [0.29, 0.717) is 17.7 Å². The van der Waals surface area contributed by atoms with Crippen LogP contribution in [0.3, 0.4) is 0 Å². The van der Waals surface area contributed by atoms with Gasteiger partial charge in [-0.1, -0.05) is 36.4 Å². The molecule has 0 aliphatic carbocycles. The molecule has 0 spiro atoms. The van der Waals surface area contributed by atoms with Crippen molar-refractivity contribution in [2.45, 2.75) is 56.8 Å². The number of hydrogen-bond acceptors (Lipinski definition) is 10. The van der Waals surface area contributed by atoms with Gasteiger partial charge in [0.25, 0.3) is 15.7 Å². The number of benzene rings is 3. The molecule has 0 heterocycles. The molecule has 274 valence electrons. The molecule has 0 fully saturated rings. The molecule has 51 heavy (non-hydrogen) atoms. The second-order valence-electron chi connectivity index (χ2n) is 12.1. The molecule has 0 saturated heterocycles. The van der Waals surface area contributed by atoms with Crippen LogP contribution in [0.2, 0.25) is 0 Å². The maximum Gasteiger partial charge on any atom is 0.414 e. The zero-order valence-corrected chi connectivity index (χ0v) is 29.6. The van der Waals surface area contributed by atoms with Gasteiger partial charge in [-0.2, -0.15) is 0 Å². The Labute approximate surface area is 295 Å². The van der Waals surface area contributed by atoms with Crippen LogP contribution in [-0.4, -0.2) is 69.7 Å². The van der Waals surface area contributed by atoms with Crippen LogP contribution in [0.25, 0.3) is 0 Å². The molecular weight excluding hydrogens is 686 g/mol. The molecule has 3 rings (SSSR count). The first-order valence-electron chi connectivity index (χ1n) is 15.5. The summed E-state index contributed by atoms with van der Waals surface area (Å²) in [4.78, 5) is 60.8. The average molecular weight is 728 g/mol. The number of nitro benzene ring substituents is 1. The highest BCUT2D eigenvalue weighted by Crippen LogP contribution is 2.34. The van der Waals surface area contributed by atoms with Crippen LogP contribution < -0.4 is 30.9 Å². The molecule has 0 radical (unpaired) electrons. The summed E-state index contributed by atoms with van der Waals surface area (Å²) in [5.41, 5.74) is 4.87. The van der Waals surface area contributed by atoms with Crippen molar-refractivity contribution in [1.82, 2.24) is 10.6 Å². The Bertz CT molecular complexity index is 1850. The van der Waals surface area contributed by atoms with Crippen LogP contribution in [0.5, 0.6) is 0 Å². The molecule has 0 aliphatic heterocycles. The van der Waals surface area contributed by atoms with Gasteiger partial charge in [-0.15, -0.1) is 0 Å².